The van der Waals surface area contributed by atoms with Crippen LogP contribution in [0.2, 0.25) is 0 Å². The van der Waals surface area contributed by atoms with E-state index in [1.165, 1.54) is 4.31 Å². The Balaban J connectivity index is 1.82. The Hall–Kier alpha value is -1.13. The number of morpholine rings is 1. The summed E-state index contributed by atoms with van der Waals surface area (Å²) in [7, 11) is 0.459. The molecule has 0 aromatic carbocycles. The molecule has 3 heterocycles. The standard InChI is InChI=1S/C15H25N5O3S/c1-18(2)12-13-5-6-16-15(17-13)14-4-3-7-20(14)24(21,22)19-8-10-23-11-9-19/h5-6,14H,3-4,7-12H2,1-2H3/t14-/m0/s1. The summed E-state index contributed by atoms with van der Waals surface area (Å²) in [4.78, 5) is 11.0. The van der Waals surface area contributed by atoms with E-state index in [-0.39, 0.29) is 6.04 Å². The third-order valence-corrected chi connectivity index (χ3v) is 6.35. The largest absolute Gasteiger partial charge is 0.379 e. The Morgan fingerprint density at radius 2 is 2.04 bits per heavy atom. The lowest BCUT2D eigenvalue weighted by molar-refractivity contribution is 0.0698. The number of aromatic nitrogens is 2. The molecule has 1 atom stereocenters. The SMILES string of the molecule is CN(C)Cc1ccnc([C@@H]2CCCN2S(=O)(=O)N2CCOCC2)n1. The second-order valence-electron chi connectivity index (χ2n) is 6.43. The Kier molecular flexibility index (Phi) is 5.46. The summed E-state index contributed by atoms with van der Waals surface area (Å²) >= 11 is 0. The van der Waals surface area contributed by atoms with E-state index in [0.717, 1.165) is 18.5 Å². The van der Waals surface area contributed by atoms with Crippen LogP contribution >= 0.6 is 0 Å². The first-order chi connectivity index (χ1) is 11.5. The number of hydrogen-bond acceptors (Lipinski definition) is 6. The highest BCUT2D eigenvalue weighted by Crippen LogP contribution is 2.33. The van der Waals surface area contributed by atoms with Crippen molar-refractivity contribution in [1.82, 2.24) is 23.5 Å². The Morgan fingerprint density at radius 1 is 1.29 bits per heavy atom. The molecule has 0 N–H and O–H groups in total. The van der Waals surface area contributed by atoms with E-state index < -0.39 is 10.2 Å². The van der Waals surface area contributed by atoms with Crippen molar-refractivity contribution in [3.63, 3.8) is 0 Å². The molecule has 2 aliphatic heterocycles. The summed E-state index contributed by atoms with van der Waals surface area (Å²) in [5.41, 5.74) is 0.903. The van der Waals surface area contributed by atoms with Gasteiger partial charge in [0.1, 0.15) is 5.82 Å². The molecule has 3 rings (SSSR count). The molecule has 134 valence electrons. The van der Waals surface area contributed by atoms with Crippen LogP contribution in [-0.2, 0) is 21.5 Å². The highest BCUT2D eigenvalue weighted by molar-refractivity contribution is 7.86. The monoisotopic (exact) mass is 355 g/mol. The maximum atomic E-state index is 13.0. The zero-order valence-electron chi connectivity index (χ0n) is 14.3. The minimum atomic E-state index is -3.50. The van der Waals surface area contributed by atoms with Gasteiger partial charge >= 0.3 is 0 Å². The Bertz CT molecular complexity index is 661. The first-order valence-electron chi connectivity index (χ1n) is 8.29. The zero-order valence-corrected chi connectivity index (χ0v) is 15.1. The summed E-state index contributed by atoms with van der Waals surface area (Å²) in [6.07, 6.45) is 3.31. The van der Waals surface area contributed by atoms with Crippen molar-refractivity contribution in [2.45, 2.75) is 25.4 Å². The summed E-state index contributed by atoms with van der Waals surface area (Å²) < 4.78 is 34.3. The predicted octanol–water partition coefficient (Wildman–Crippen LogP) is 0.252. The van der Waals surface area contributed by atoms with Crippen molar-refractivity contribution in [2.24, 2.45) is 0 Å². The summed E-state index contributed by atoms with van der Waals surface area (Å²) in [6.45, 7) is 2.95. The second kappa shape index (κ2) is 7.40. The van der Waals surface area contributed by atoms with Gasteiger partial charge in [-0.25, -0.2) is 9.97 Å². The molecule has 0 spiro atoms. The van der Waals surface area contributed by atoms with Crippen LogP contribution in [-0.4, -0.2) is 78.8 Å². The molecule has 24 heavy (non-hydrogen) atoms. The normalized spacial score (nSPS) is 23.9. The molecule has 0 amide bonds. The fourth-order valence-corrected chi connectivity index (χ4v) is 4.97. The van der Waals surface area contributed by atoms with E-state index in [1.807, 2.05) is 25.1 Å². The van der Waals surface area contributed by atoms with Crippen LogP contribution < -0.4 is 0 Å². The van der Waals surface area contributed by atoms with E-state index in [9.17, 15) is 8.42 Å². The van der Waals surface area contributed by atoms with Crippen LogP contribution in [0.1, 0.15) is 30.4 Å². The minimum absolute atomic E-state index is 0.278. The molecule has 0 saturated carbocycles. The summed E-state index contributed by atoms with van der Waals surface area (Å²) in [5, 5.41) is 0. The third kappa shape index (κ3) is 3.75. The van der Waals surface area contributed by atoms with Crippen LogP contribution in [0.5, 0.6) is 0 Å². The molecule has 0 bridgehead atoms. The van der Waals surface area contributed by atoms with Crippen molar-refractivity contribution in [3.05, 3.63) is 23.8 Å². The number of hydrogen-bond donors (Lipinski definition) is 0. The van der Waals surface area contributed by atoms with Crippen molar-refractivity contribution in [2.75, 3.05) is 46.9 Å². The molecule has 0 unspecified atom stereocenters. The lowest BCUT2D eigenvalue weighted by Crippen LogP contribution is -2.48. The topological polar surface area (TPSA) is 78.9 Å². The van der Waals surface area contributed by atoms with Crippen molar-refractivity contribution in [1.29, 1.82) is 0 Å². The molecular weight excluding hydrogens is 330 g/mol. The van der Waals surface area contributed by atoms with Gasteiger partial charge in [0.05, 0.1) is 24.9 Å². The number of rotatable bonds is 5. The molecule has 1 aromatic rings. The molecule has 2 aliphatic rings. The fourth-order valence-electron chi connectivity index (χ4n) is 3.19. The van der Waals surface area contributed by atoms with Gasteiger partial charge in [-0.2, -0.15) is 17.0 Å². The van der Waals surface area contributed by atoms with Gasteiger partial charge < -0.3 is 9.64 Å². The quantitative estimate of drug-likeness (QED) is 0.753. The maximum Gasteiger partial charge on any atom is 0.282 e. The summed E-state index contributed by atoms with van der Waals surface area (Å²) in [5.74, 6) is 0.601. The molecule has 0 radical (unpaired) electrons. The van der Waals surface area contributed by atoms with E-state index in [1.54, 1.807) is 10.5 Å². The lowest BCUT2D eigenvalue weighted by Gasteiger charge is -2.32. The van der Waals surface area contributed by atoms with Crippen LogP contribution in [0.15, 0.2) is 12.3 Å². The number of ether oxygens (including phenoxy) is 1. The third-order valence-electron chi connectivity index (χ3n) is 4.30. The van der Waals surface area contributed by atoms with Crippen LogP contribution in [0.3, 0.4) is 0 Å². The van der Waals surface area contributed by atoms with Crippen molar-refractivity contribution >= 4 is 10.2 Å². The molecular formula is C15H25N5O3S. The maximum absolute atomic E-state index is 13.0. The minimum Gasteiger partial charge on any atom is -0.379 e. The first kappa shape index (κ1) is 17.7. The molecule has 2 saturated heterocycles. The molecule has 9 heteroatoms. The van der Waals surface area contributed by atoms with Crippen LogP contribution in [0, 0.1) is 0 Å². The van der Waals surface area contributed by atoms with Crippen molar-refractivity contribution < 1.29 is 13.2 Å². The van der Waals surface area contributed by atoms with Gasteiger partial charge in [-0.05, 0) is 33.0 Å². The van der Waals surface area contributed by atoms with E-state index in [0.29, 0.717) is 45.2 Å². The van der Waals surface area contributed by atoms with Crippen LogP contribution in [0.4, 0.5) is 0 Å². The first-order valence-corrected chi connectivity index (χ1v) is 9.69. The average molecular weight is 355 g/mol. The number of nitrogens with zero attached hydrogens (tertiary/aromatic N) is 5. The predicted molar refractivity (Wildman–Crippen MR) is 89.4 cm³/mol. The lowest BCUT2D eigenvalue weighted by atomic mass is 10.2. The highest BCUT2D eigenvalue weighted by atomic mass is 32.2. The zero-order chi connectivity index (χ0) is 17.2. The van der Waals surface area contributed by atoms with E-state index >= 15 is 0 Å². The summed E-state index contributed by atoms with van der Waals surface area (Å²) in [6, 6.07) is 1.60. The van der Waals surface area contributed by atoms with Gasteiger partial charge in [0.15, 0.2) is 0 Å². The van der Waals surface area contributed by atoms with Gasteiger partial charge in [-0.3, -0.25) is 0 Å². The highest BCUT2D eigenvalue weighted by Gasteiger charge is 2.40. The Morgan fingerprint density at radius 3 is 2.75 bits per heavy atom. The molecule has 8 nitrogen and oxygen atoms in total. The van der Waals surface area contributed by atoms with Crippen molar-refractivity contribution in [3.8, 4) is 0 Å². The molecule has 1 aromatic heterocycles. The van der Waals surface area contributed by atoms with E-state index in [4.69, 9.17) is 4.74 Å². The van der Waals surface area contributed by atoms with E-state index in [2.05, 4.69) is 9.97 Å². The fraction of sp³-hybridized carbons (Fsp3) is 0.733. The molecule has 0 aliphatic carbocycles. The average Bonchev–Trinajstić information content (AvgIpc) is 3.06. The Labute approximate surface area is 143 Å². The smallest absolute Gasteiger partial charge is 0.282 e. The van der Waals surface area contributed by atoms with Gasteiger partial charge in [0.2, 0.25) is 0 Å². The van der Waals surface area contributed by atoms with Gasteiger partial charge in [0, 0.05) is 32.4 Å². The second-order valence-corrected chi connectivity index (χ2v) is 8.31. The van der Waals surface area contributed by atoms with Gasteiger partial charge in [-0.1, -0.05) is 0 Å². The van der Waals surface area contributed by atoms with Crippen LogP contribution in [0.25, 0.3) is 0 Å². The van der Waals surface area contributed by atoms with Gasteiger partial charge in [-0.15, -0.1) is 0 Å². The van der Waals surface area contributed by atoms with Gasteiger partial charge in [0.25, 0.3) is 10.2 Å². The molecule has 2 fully saturated rings.